The summed E-state index contributed by atoms with van der Waals surface area (Å²) in [7, 11) is 0. The fraction of sp³-hybridized carbons (Fsp3) is 0.125. The summed E-state index contributed by atoms with van der Waals surface area (Å²) in [5.41, 5.74) is 3.19. The fourth-order valence-electron chi connectivity index (χ4n) is 2.76. The number of rotatable bonds is 8. The third-order valence-electron chi connectivity index (χ3n) is 4.32. The smallest absolute Gasteiger partial charge is 0.319 e. The van der Waals surface area contributed by atoms with E-state index in [1.807, 2.05) is 48.5 Å². The number of ketones is 1. The maximum Gasteiger partial charge on any atom is 0.319 e. The number of Topliss-reactive ketones (excluding diaryl/α,β-unsaturated/α-hetero) is 1. The predicted molar refractivity (Wildman–Crippen MR) is 115 cm³/mol. The summed E-state index contributed by atoms with van der Waals surface area (Å²) >= 11 is 0. The Morgan fingerprint density at radius 2 is 1.33 bits per heavy atom. The molecule has 6 heteroatoms. The summed E-state index contributed by atoms with van der Waals surface area (Å²) < 4.78 is 5.01. The van der Waals surface area contributed by atoms with Crippen LogP contribution in [0.3, 0.4) is 0 Å². The van der Waals surface area contributed by atoms with Crippen LogP contribution in [0, 0.1) is 0 Å². The molecule has 0 saturated heterocycles. The first-order valence-electron chi connectivity index (χ1n) is 9.56. The van der Waals surface area contributed by atoms with E-state index in [4.69, 9.17) is 4.74 Å². The minimum Gasteiger partial charge on any atom is -0.457 e. The molecule has 0 heterocycles. The van der Waals surface area contributed by atoms with Gasteiger partial charge in [0.25, 0.3) is 0 Å². The Kier molecular flexibility index (Phi) is 7.33. The number of carbonyl (C=O) groups excluding carboxylic acids is 3. The normalized spacial score (nSPS) is 10.1. The molecule has 3 aromatic rings. The molecule has 0 saturated carbocycles. The van der Waals surface area contributed by atoms with Gasteiger partial charge in [-0.2, -0.15) is 0 Å². The first kappa shape index (κ1) is 20.8. The summed E-state index contributed by atoms with van der Waals surface area (Å²) in [6.45, 7) is -0.225. The topological polar surface area (TPSA) is 84.5 Å². The van der Waals surface area contributed by atoms with Crippen LogP contribution in [-0.4, -0.2) is 30.9 Å². The van der Waals surface area contributed by atoms with Crippen LogP contribution < -0.4 is 10.6 Å². The summed E-state index contributed by atoms with van der Waals surface area (Å²) in [6.07, 6.45) is -0.0254. The number of anilines is 1. The van der Waals surface area contributed by atoms with Gasteiger partial charge in [-0.1, -0.05) is 72.8 Å². The van der Waals surface area contributed by atoms with Crippen LogP contribution in [-0.2, 0) is 9.53 Å². The summed E-state index contributed by atoms with van der Waals surface area (Å²) in [6, 6.07) is 25.5. The van der Waals surface area contributed by atoms with Crippen molar-refractivity contribution in [2.75, 3.05) is 18.5 Å². The van der Waals surface area contributed by atoms with Crippen LogP contribution in [0.25, 0.3) is 11.1 Å². The Morgan fingerprint density at radius 1 is 0.733 bits per heavy atom. The van der Waals surface area contributed by atoms with Gasteiger partial charge in [-0.15, -0.1) is 0 Å². The lowest BCUT2D eigenvalue weighted by Crippen LogP contribution is -2.31. The van der Waals surface area contributed by atoms with Crippen molar-refractivity contribution in [1.82, 2.24) is 5.32 Å². The maximum atomic E-state index is 12.2. The second-order valence-corrected chi connectivity index (χ2v) is 6.52. The number of hydrogen-bond donors (Lipinski definition) is 2. The summed E-state index contributed by atoms with van der Waals surface area (Å²) in [5.74, 6) is -0.831. The van der Waals surface area contributed by atoms with Crippen molar-refractivity contribution in [2.45, 2.75) is 6.42 Å². The van der Waals surface area contributed by atoms with E-state index in [9.17, 15) is 14.4 Å². The molecular weight excluding hydrogens is 380 g/mol. The Balaban J connectivity index is 1.38. The second kappa shape index (κ2) is 10.6. The highest BCUT2D eigenvalue weighted by Gasteiger charge is 2.11. The van der Waals surface area contributed by atoms with Gasteiger partial charge in [0.05, 0.1) is 6.42 Å². The predicted octanol–water partition coefficient (Wildman–Crippen LogP) is 4.29. The highest BCUT2D eigenvalue weighted by atomic mass is 16.5. The average Bonchev–Trinajstić information content (AvgIpc) is 2.79. The highest BCUT2D eigenvalue weighted by Crippen LogP contribution is 2.19. The van der Waals surface area contributed by atoms with Crippen molar-refractivity contribution in [3.63, 3.8) is 0 Å². The molecule has 152 valence electrons. The number of esters is 1. The van der Waals surface area contributed by atoms with E-state index in [0.717, 1.165) is 11.1 Å². The number of hydrogen-bond acceptors (Lipinski definition) is 4. The Hall–Kier alpha value is -3.93. The van der Waals surface area contributed by atoms with Crippen molar-refractivity contribution in [1.29, 1.82) is 0 Å². The molecule has 30 heavy (non-hydrogen) atoms. The molecule has 6 nitrogen and oxygen atoms in total. The van der Waals surface area contributed by atoms with Crippen LogP contribution in [0.4, 0.5) is 10.5 Å². The number of urea groups is 1. The zero-order valence-electron chi connectivity index (χ0n) is 16.3. The van der Waals surface area contributed by atoms with E-state index in [1.54, 1.807) is 36.4 Å². The quantitative estimate of drug-likeness (QED) is 0.435. The minimum absolute atomic E-state index is 0.0254. The van der Waals surface area contributed by atoms with Crippen LogP contribution >= 0.6 is 0 Å². The van der Waals surface area contributed by atoms with E-state index in [2.05, 4.69) is 10.6 Å². The van der Waals surface area contributed by atoms with Gasteiger partial charge in [0.1, 0.15) is 0 Å². The molecule has 0 spiro atoms. The number of para-hydroxylation sites is 1. The van der Waals surface area contributed by atoms with Crippen LogP contribution in [0.1, 0.15) is 16.8 Å². The zero-order chi connectivity index (χ0) is 21.2. The number of nitrogens with one attached hydrogen (secondary N) is 2. The highest BCUT2D eigenvalue weighted by molar-refractivity contribution is 5.98. The largest absolute Gasteiger partial charge is 0.457 e. The van der Waals surface area contributed by atoms with Crippen molar-refractivity contribution >= 4 is 23.5 Å². The van der Waals surface area contributed by atoms with Gasteiger partial charge in [-0.05, 0) is 23.3 Å². The molecule has 3 aromatic carbocycles. The molecule has 2 N–H and O–H groups in total. The maximum absolute atomic E-state index is 12.2. The fourth-order valence-corrected chi connectivity index (χ4v) is 2.76. The van der Waals surface area contributed by atoms with Gasteiger partial charge >= 0.3 is 12.0 Å². The second-order valence-electron chi connectivity index (χ2n) is 6.52. The molecule has 0 aliphatic carbocycles. The van der Waals surface area contributed by atoms with E-state index in [1.165, 1.54) is 0 Å². The minimum atomic E-state index is -0.552. The first-order valence-corrected chi connectivity index (χ1v) is 9.56. The van der Waals surface area contributed by atoms with Gasteiger partial charge in [0, 0.05) is 17.8 Å². The summed E-state index contributed by atoms with van der Waals surface area (Å²) in [4.78, 5) is 35.8. The molecule has 0 aliphatic rings. The zero-order valence-corrected chi connectivity index (χ0v) is 16.3. The Labute approximate surface area is 174 Å². The molecule has 0 unspecified atom stereocenters. The van der Waals surface area contributed by atoms with Crippen molar-refractivity contribution in [3.8, 4) is 11.1 Å². The molecule has 3 rings (SSSR count). The Morgan fingerprint density at radius 3 is 2.00 bits per heavy atom. The molecule has 0 fully saturated rings. The number of ether oxygens (including phenoxy) is 1. The van der Waals surface area contributed by atoms with Gasteiger partial charge < -0.3 is 15.4 Å². The lowest BCUT2D eigenvalue weighted by atomic mass is 10.0. The van der Waals surface area contributed by atoms with Crippen molar-refractivity contribution < 1.29 is 19.1 Å². The number of benzene rings is 3. The standard InChI is InChI=1S/C24H22N2O4/c27-22(20-13-11-19(12-14-20)18-7-3-1-4-8-18)17-30-23(28)15-16-25-24(29)26-21-9-5-2-6-10-21/h1-14H,15-17H2,(H2,25,26,29). The van der Waals surface area contributed by atoms with E-state index in [0.29, 0.717) is 11.3 Å². The van der Waals surface area contributed by atoms with Gasteiger partial charge in [-0.25, -0.2) is 4.79 Å². The monoisotopic (exact) mass is 402 g/mol. The van der Waals surface area contributed by atoms with E-state index >= 15 is 0 Å². The molecule has 2 amide bonds. The van der Waals surface area contributed by atoms with Crippen molar-refractivity contribution in [2.24, 2.45) is 0 Å². The van der Waals surface area contributed by atoms with Gasteiger partial charge in [0.15, 0.2) is 12.4 Å². The van der Waals surface area contributed by atoms with Crippen LogP contribution in [0.5, 0.6) is 0 Å². The van der Waals surface area contributed by atoms with Crippen LogP contribution in [0.15, 0.2) is 84.9 Å². The van der Waals surface area contributed by atoms with Gasteiger partial charge in [0.2, 0.25) is 0 Å². The van der Waals surface area contributed by atoms with Crippen LogP contribution in [0.2, 0.25) is 0 Å². The van der Waals surface area contributed by atoms with Gasteiger partial charge in [-0.3, -0.25) is 9.59 Å². The molecule has 0 radical (unpaired) electrons. The lowest BCUT2D eigenvalue weighted by Gasteiger charge is -2.08. The SMILES string of the molecule is O=C(NCCC(=O)OCC(=O)c1ccc(-c2ccccc2)cc1)Nc1ccccc1. The molecule has 0 atom stereocenters. The average molecular weight is 402 g/mol. The third-order valence-corrected chi connectivity index (χ3v) is 4.32. The molecule has 0 aliphatic heterocycles. The van der Waals surface area contributed by atoms with E-state index < -0.39 is 12.0 Å². The molecular formula is C24H22N2O4. The third kappa shape index (κ3) is 6.31. The Bertz CT molecular complexity index is 987. The lowest BCUT2D eigenvalue weighted by molar-refractivity contribution is -0.142. The van der Waals surface area contributed by atoms with E-state index in [-0.39, 0.29) is 25.4 Å². The number of amides is 2. The molecule has 0 bridgehead atoms. The summed E-state index contributed by atoms with van der Waals surface area (Å²) in [5, 5.41) is 5.21. The van der Waals surface area contributed by atoms with Crippen molar-refractivity contribution in [3.05, 3.63) is 90.5 Å². The number of carbonyl (C=O) groups is 3. The molecule has 0 aromatic heterocycles. The first-order chi connectivity index (χ1) is 14.6.